The van der Waals surface area contributed by atoms with E-state index in [0.717, 1.165) is 87.4 Å². The van der Waals surface area contributed by atoms with Crippen LogP contribution in [0, 0.1) is 0 Å². The number of nitrogens with zero attached hydrogens (tertiary/aromatic N) is 4. The van der Waals surface area contributed by atoms with Crippen LogP contribution < -0.4 is 10.1 Å². The van der Waals surface area contributed by atoms with Crippen molar-refractivity contribution in [2.24, 2.45) is 4.99 Å². The van der Waals surface area contributed by atoms with Crippen LogP contribution in [0.25, 0.3) is 44.2 Å². The van der Waals surface area contributed by atoms with E-state index in [4.69, 9.17) is 14.5 Å². The molecule has 0 spiro atoms. The van der Waals surface area contributed by atoms with E-state index in [2.05, 4.69) is 67.7 Å². The lowest BCUT2D eigenvalue weighted by Gasteiger charge is -2.25. The molecule has 3 N–H and O–H groups in total. The lowest BCUT2D eigenvalue weighted by molar-refractivity contribution is -0.133. The quantitative estimate of drug-likeness (QED) is 0.162. The Hall–Kier alpha value is -4.70. The molecule has 5 aromatic rings. The molecule has 2 saturated heterocycles. The highest BCUT2D eigenvalue weighted by Gasteiger charge is 2.34. The van der Waals surface area contributed by atoms with Crippen LogP contribution in [0.1, 0.15) is 68.8 Å². The number of imidazole rings is 2. The number of H-pyrrole nitrogens is 2. The van der Waals surface area contributed by atoms with Gasteiger partial charge in [-0.2, -0.15) is 0 Å². The van der Waals surface area contributed by atoms with Crippen LogP contribution in [0.3, 0.4) is 0 Å². The first-order valence-electron chi connectivity index (χ1n) is 15.9. The predicted molar refractivity (Wildman–Crippen MR) is 174 cm³/mol. The first-order valence-corrected chi connectivity index (χ1v) is 15.9. The van der Waals surface area contributed by atoms with Crippen molar-refractivity contribution in [3.8, 4) is 28.1 Å². The molecule has 45 heavy (non-hydrogen) atoms. The molecule has 3 aromatic carbocycles. The number of nitrogens with one attached hydrogen (secondary N) is 3. The molecule has 3 aliphatic rings. The zero-order valence-corrected chi connectivity index (χ0v) is 25.8. The van der Waals surface area contributed by atoms with Crippen LogP contribution in [-0.2, 0) is 16.1 Å². The molecule has 230 valence electrons. The molecule has 10 nitrogen and oxygen atoms in total. The number of ether oxygens (including phenoxy) is 2. The van der Waals surface area contributed by atoms with Gasteiger partial charge in [0, 0.05) is 24.4 Å². The van der Waals surface area contributed by atoms with Gasteiger partial charge in [0.2, 0.25) is 5.91 Å². The van der Waals surface area contributed by atoms with Crippen LogP contribution in [0.2, 0.25) is 0 Å². The van der Waals surface area contributed by atoms with E-state index >= 15 is 0 Å². The van der Waals surface area contributed by atoms with Gasteiger partial charge in [-0.25, -0.2) is 15.0 Å². The number of aromatic nitrogens is 4. The van der Waals surface area contributed by atoms with Crippen molar-refractivity contribution in [3.63, 3.8) is 0 Å². The molecular weight excluding hydrogens is 566 g/mol. The highest BCUT2D eigenvalue weighted by atomic mass is 16.5. The monoisotopic (exact) mass is 603 g/mol. The molecule has 2 fully saturated rings. The number of hydrogen-bond donors (Lipinski definition) is 3. The van der Waals surface area contributed by atoms with Crippen molar-refractivity contribution >= 4 is 33.6 Å². The van der Waals surface area contributed by atoms with Gasteiger partial charge in [-0.1, -0.05) is 18.2 Å². The van der Waals surface area contributed by atoms with Gasteiger partial charge in [0.15, 0.2) is 5.90 Å². The normalized spacial score (nSPS) is 20.3. The minimum atomic E-state index is -0.510. The molecule has 5 heterocycles. The Bertz CT molecular complexity index is 1970. The smallest absolute Gasteiger partial charge is 0.247 e. The predicted octanol–water partition coefficient (Wildman–Crippen LogP) is 6.21. The molecule has 10 heteroatoms. The molecule has 2 aromatic heterocycles. The maximum atomic E-state index is 13.3. The van der Waals surface area contributed by atoms with Crippen molar-refractivity contribution in [1.29, 1.82) is 0 Å². The van der Waals surface area contributed by atoms with Crippen LogP contribution in [0.5, 0.6) is 5.75 Å². The van der Waals surface area contributed by atoms with Gasteiger partial charge in [0.25, 0.3) is 0 Å². The summed E-state index contributed by atoms with van der Waals surface area (Å²) in [6.07, 6.45) is 6.02. The van der Waals surface area contributed by atoms with Gasteiger partial charge in [-0.05, 0) is 85.5 Å². The lowest BCUT2D eigenvalue weighted by atomic mass is 9.92. The lowest BCUT2D eigenvalue weighted by Crippen LogP contribution is -2.37. The number of likely N-dealkylation sites (tertiary alicyclic amines) is 1. The summed E-state index contributed by atoms with van der Waals surface area (Å²) < 4.78 is 11.5. The second-order valence-corrected chi connectivity index (χ2v) is 12.4. The zero-order chi connectivity index (χ0) is 30.7. The van der Waals surface area contributed by atoms with Gasteiger partial charge in [-0.15, -0.1) is 0 Å². The molecule has 3 atom stereocenters. The number of amides is 1. The van der Waals surface area contributed by atoms with Crippen molar-refractivity contribution < 1.29 is 14.3 Å². The van der Waals surface area contributed by atoms with Crippen molar-refractivity contribution in [2.45, 2.75) is 64.3 Å². The van der Waals surface area contributed by atoms with Gasteiger partial charge >= 0.3 is 0 Å². The first kappa shape index (κ1) is 27.8. The van der Waals surface area contributed by atoms with E-state index in [-0.39, 0.29) is 11.9 Å². The second kappa shape index (κ2) is 11.0. The van der Waals surface area contributed by atoms with Crippen LogP contribution in [0.4, 0.5) is 0 Å². The number of aliphatic imine (C=N–C) groups is 1. The molecule has 0 saturated carbocycles. The minimum Gasteiger partial charge on any atom is -0.488 e. The van der Waals surface area contributed by atoms with E-state index in [1.807, 2.05) is 18.0 Å². The number of carbonyl (C=O) groups is 1. The third-order valence-electron chi connectivity index (χ3n) is 9.54. The van der Waals surface area contributed by atoms with Gasteiger partial charge in [0.05, 0.1) is 42.1 Å². The Morgan fingerprint density at radius 3 is 2.84 bits per heavy atom. The maximum Gasteiger partial charge on any atom is 0.247 e. The summed E-state index contributed by atoms with van der Waals surface area (Å²) >= 11 is 0. The SMILES string of the molecule is COC(C)=NC(C)C(=O)N1CCCC1c1nc2c(ccc3cc4c(cc32)OCc2cc(-c3cnc(C5CCCN5)[nH]3)ccc2-4)[nH]1. The largest absolute Gasteiger partial charge is 0.488 e. The van der Waals surface area contributed by atoms with E-state index in [1.165, 1.54) is 12.0 Å². The summed E-state index contributed by atoms with van der Waals surface area (Å²) in [4.78, 5) is 36.4. The molecule has 0 bridgehead atoms. The fourth-order valence-corrected chi connectivity index (χ4v) is 7.14. The van der Waals surface area contributed by atoms with Crippen molar-refractivity contribution in [2.75, 3.05) is 20.2 Å². The maximum absolute atomic E-state index is 13.3. The number of fused-ring (bicyclic) bond motifs is 6. The Labute approximate surface area is 261 Å². The number of hydrogen-bond acceptors (Lipinski definition) is 7. The van der Waals surface area contributed by atoms with Gasteiger partial charge < -0.3 is 29.7 Å². The Morgan fingerprint density at radius 2 is 2.00 bits per heavy atom. The average Bonchev–Trinajstić information content (AvgIpc) is 3.89. The summed E-state index contributed by atoms with van der Waals surface area (Å²) in [7, 11) is 1.57. The van der Waals surface area contributed by atoms with Crippen molar-refractivity contribution in [1.82, 2.24) is 30.2 Å². The van der Waals surface area contributed by atoms with E-state index < -0.39 is 6.04 Å². The summed E-state index contributed by atoms with van der Waals surface area (Å²) in [6, 6.07) is 14.8. The minimum absolute atomic E-state index is 0.0118. The Balaban J connectivity index is 1.10. The number of rotatable bonds is 5. The van der Waals surface area contributed by atoms with Crippen LogP contribution in [-0.4, -0.2) is 62.9 Å². The molecular formula is C35H37N7O3. The molecule has 3 aliphatic heterocycles. The highest BCUT2D eigenvalue weighted by Crippen LogP contribution is 2.43. The summed E-state index contributed by atoms with van der Waals surface area (Å²) in [5.41, 5.74) is 7.40. The summed E-state index contributed by atoms with van der Waals surface area (Å²) in [5, 5.41) is 5.64. The Morgan fingerprint density at radius 1 is 1.09 bits per heavy atom. The standard InChI is InChI=1S/C35H37N7O3/c1-19(38-20(2)44-3)35(43)42-13-5-7-30(42)34-39-27-11-9-21-15-26-24-10-8-22(29-17-37-33(40-29)28-6-4-12-36-28)14-23(24)18-45-31(26)16-25(21)32(27)41-34/h8-11,14-17,19,28,30,36H,4-7,12-13,18H2,1-3H3,(H,37,40)(H,39,41). The third-order valence-corrected chi connectivity index (χ3v) is 9.54. The Kier molecular flexibility index (Phi) is 6.82. The zero-order valence-electron chi connectivity index (χ0n) is 25.8. The molecule has 8 rings (SSSR count). The highest BCUT2D eigenvalue weighted by molar-refractivity contribution is 6.07. The molecule has 0 radical (unpaired) electrons. The average molecular weight is 604 g/mol. The second-order valence-electron chi connectivity index (χ2n) is 12.4. The van der Waals surface area contributed by atoms with Crippen LogP contribution >= 0.6 is 0 Å². The molecule has 1 amide bonds. The number of aromatic amines is 2. The fraction of sp³-hybridized carbons (Fsp3) is 0.371. The van der Waals surface area contributed by atoms with E-state index in [0.29, 0.717) is 25.1 Å². The first-order chi connectivity index (χ1) is 22.0. The molecule has 0 aliphatic carbocycles. The third kappa shape index (κ3) is 4.84. The number of benzene rings is 3. The number of methoxy groups -OCH3 is 1. The fourth-order valence-electron chi connectivity index (χ4n) is 7.14. The summed E-state index contributed by atoms with van der Waals surface area (Å²) in [5.74, 6) is 3.16. The van der Waals surface area contributed by atoms with Gasteiger partial charge in [0.1, 0.15) is 30.0 Å². The van der Waals surface area contributed by atoms with E-state index in [1.54, 1.807) is 14.0 Å². The molecule has 3 unspecified atom stereocenters. The van der Waals surface area contributed by atoms with Crippen LogP contribution in [0.15, 0.2) is 53.7 Å². The van der Waals surface area contributed by atoms with E-state index in [9.17, 15) is 4.79 Å². The van der Waals surface area contributed by atoms with Gasteiger partial charge in [-0.3, -0.25) is 4.79 Å². The van der Waals surface area contributed by atoms with Crippen molar-refractivity contribution in [3.05, 3.63) is 65.9 Å². The topological polar surface area (TPSA) is 121 Å². The summed E-state index contributed by atoms with van der Waals surface area (Å²) in [6.45, 7) is 5.81. The number of carbonyl (C=O) groups excluding carboxylic acids is 1.